The van der Waals surface area contributed by atoms with E-state index in [1.165, 1.54) is 0 Å². The zero-order chi connectivity index (χ0) is 17.8. The highest BCUT2D eigenvalue weighted by Crippen LogP contribution is 2.23. The van der Waals surface area contributed by atoms with Crippen molar-refractivity contribution in [3.8, 4) is 16.9 Å². The largest absolute Gasteiger partial charge is 0.508 e. The molecule has 4 heteroatoms. The van der Waals surface area contributed by atoms with E-state index in [-0.39, 0.29) is 12.4 Å². The lowest BCUT2D eigenvalue weighted by molar-refractivity contribution is 0.0473. The van der Waals surface area contributed by atoms with Gasteiger partial charge in [0, 0.05) is 5.56 Å². The Morgan fingerprint density at radius 2 is 1.56 bits per heavy atom. The fourth-order valence-electron chi connectivity index (χ4n) is 2.50. The van der Waals surface area contributed by atoms with Crippen LogP contribution in [0, 0.1) is 6.92 Å². The molecule has 25 heavy (non-hydrogen) atoms. The predicted octanol–water partition coefficient (Wildman–Crippen LogP) is 5.38. The second kappa shape index (κ2) is 7.41. The minimum absolute atomic E-state index is 0.138. The van der Waals surface area contributed by atoms with E-state index in [0.29, 0.717) is 10.6 Å². The van der Waals surface area contributed by atoms with Crippen LogP contribution in [0.25, 0.3) is 11.1 Å². The molecular formula is C21H17ClO3. The first kappa shape index (κ1) is 17.1. The molecule has 0 spiro atoms. The van der Waals surface area contributed by atoms with E-state index in [4.69, 9.17) is 16.3 Å². The minimum atomic E-state index is -0.394. The highest BCUT2D eigenvalue weighted by molar-refractivity contribution is 6.32. The molecule has 0 atom stereocenters. The summed E-state index contributed by atoms with van der Waals surface area (Å²) in [6, 6.07) is 19.7. The highest BCUT2D eigenvalue weighted by atomic mass is 35.5. The number of carbonyl (C=O) groups excluding carboxylic acids is 1. The van der Waals surface area contributed by atoms with E-state index >= 15 is 0 Å². The molecule has 3 nitrogen and oxygen atoms in total. The number of halogens is 1. The lowest BCUT2D eigenvalue weighted by Crippen LogP contribution is -2.05. The molecule has 0 aliphatic heterocycles. The van der Waals surface area contributed by atoms with Crippen LogP contribution in [0.1, 0.15) is 21.5 Å². The molecule has 0 aromatic heterocycles. The lowest BCUT2D eigenvalue weighted by Gasteiger charge is -2.09. The number of phenols is 1. The van der Waals surface area contributed by atoms with Gasteiger partial charge in [0.25, 0.3) is 0 Å². The lowest BCUT2D eigenvalue weighted by atomic mass is 10.0. The quantitative estimate of drug-likeness (QED) is 0.641. The molecule has 0 unspecified atom stereocenters. The summed E-state index contributed by atoms with van der Waals surface area (Å²) in [6.45, 7) is 2.05. The van der Waals surface area contributed by atoms with Crippen LogP contribution in [-0.4, -0.2) is 11.1 Å². The van der Waals surface area contributed by atoms with Gasteiger partial charge in [-0.2, -0.15) is 0 Å². The third-order valence-electron chi connectivity index (χ3n) is 3.95. The van der Waals surface area contributed by atoms with Gasteiger partial charge in [0.15, 0.2) is 0 Å². The van der Waals surface area contributed by atoms with Crippen molar-refractivity contribution in [2.45, 2.75) is 13.5 Å². The smallest absolute Gasteiger partial charge is 0.338 e. The van der Waals surface area contributed by atoms with Gasteiger partial charge in [-0.25, -0.2) is 4.79 Å². The van der Waals surface area contributed by atoms with Crippen molar-refractivity contribution in [3.05, 3.63) is 88.4 Å². The van der Waals surface area contributed by atoms with Crippen LogP contribution in [0.15, 0.2) is 66.7 Å². The molecule has 0 saturated heterocycles. The Bertz CT molecular complexity index is 884. The number of hydrogen-bond donors (Lipinski definition) is 1. The molecule has 1 N–H and O–H groups in total. The Kier molecular flexibility index (Phi) is 5.05. The first-order valence-electron chi connectivity index (χ1n) is 7.85. The Balaban J connectivity index is 1.68. The average Bonchev–Trinajstić information content (AvgIpc) is 2.63. The van der Waals surface area contributed by atoms with E-state index in [0.717, 1.165) is 22.3 Å². The summed E-state index contributed by atoms with van der Waals surface area (Å²) in [5.41, 5.74) is 4.14. The van der Waals surface area contributed by atoms with Gasteiger partial charge in [0.2, 0.25) is 0 Å². The second-order valence-corrected chi connectivity index (χ2v) is 6.13. The molecule has 0 saturated carbocycles. The number of carbonyl (C=O) groups is 1. The topological polar surface area (TPSA) is 46.5 Å². The summed E-state index contributed by atoms with van der Waals surface area (Å²) >= 11 is 6.21. The van der Waals surface area contributed by atoms with Crippen LogP contribution in [0.2, 0.25) is 5.02 Å². The Morgan fingerprint density at radius 3 is 2.20 bits per heavy atom. The Hall–Kier alpha value is -2.78. The van der Waals surface area contributed by atoms with Crippen molar-refractivity contribution in [2.24, 2.45) is 0 Å². The maximum atomic E-state index is 12.2. The number of rotatable bonds is 4. The van der Waals surface area contributed by atoms with Gasteiger partial charge in [-0.1, -0.05) is 54.1 Å². The van der Waals surface area contributed by atoms with Crippen molar-refractivity contribution < 1.29 is 14.6 Å². The van der Waals surface area contributed by atoms with Crippen LogP contribution in [0.5, 0.6) is 5.75 Å². The standard InChI is InChI=1S/C21H17ClO3/c1-14-3-2-4-18(20(14)22)13-25-21(24)17-7-5-15(6-8-17)16-9-11-19(23)12-10-16/h2-12,23H,13H2,1H3. The molecule has 0 aliphatic rings. The molecular weight excluding hydrogens is 336 g/mol. The molecule has 0 aliphatic carbocycles. The second-order valence-electron chi connectivity index (χ2n) is 5.75. The van der Waals surface area contributed by atoms with Crippen LogP contribution >= 0.6 is 11.6 Å². The van der Waals surface area contributed by atoms with Gasteiger partial charge in [-0.3, -0.25) is 0 Å². The monoisotopic (exact) mass is 352 g/mol. The van der Waals surface area contributed by atoms with Crippen molar-refractivity contribution in [1.29, 1.82) is 0 Å². The molecule has 3 aromatic rings. The molecule has 0 amide bonds. The molecule has 0 radical (unpaired) electrons. The molecule has 0 heterocycles. The summed E-state index contributed by atoms with van der Waals surface area (Å²) in [6.07, 6.45) is 0. The van der Waals surface area contributed by atoms with Crippen molar-refractivity contribution >= 4 is 17.6 Å². The fourth-order valence-corrected chi connectivity index (χ4v) is 2.68. The number of aromatic hydroxyl groups is 1. The van der Waals surface area contributed by atoms with Gasteiger partial charge in [0.1, 0.15) is 12.4 Å². The third kappa shape index (κ3) is 4.01. The van der Waals surface area contributed by atoms with E-state index in [1.54, 1.807) is 24.3 Å². The molecule has 126 valence electrons. The number of aryl methyl sites for hydroxylation is 1. The third-order valence-corrected chi connectivity index (χ3v) is 4.49. The fraction of sp³-hybridized carbons (Fsp3) is 0.0952. The van der Waals surface area contributed by atoms with Crippen molar-refractivity contribution in [1.82, 2.24) is 0 Å². The maximum absolute atomic E-state index is 12.2. The van der Waals surface area contributed by atoms with Gasteiger partial charge in [-0.05, 0) is 47.9 Å². The van der Waals surface area contributed by atoms with Crippen LogP contribution in [0.4, 0.5) is 0 Å². The van der Waals surface area contributed by atoms with Gasteiger partial charge < -0.3 is 9.84 Å². The van der Waals surface area contributed by atoms with Crippen LogP contribution in [0.3, 0.4) is 0 Å². The Labute approximate surface area is 151 Å². The number of esters is 1. The Morgan fingerprint density at radius 1 is 0.960 bits per heavy atom. The SMILES string of the molecule is Cc1cccc(COC(=O)c2ccc(-c3ccc(O)cc3)cc2)c1Cl. The zero-order valence-electron chi connectivity index (χ0n) is 13.7. The van der Waals surface area contributed by atoms with E-state index in [9.17, 15) is 9.90 Å². The average molecular weight is 353 g/mol. The molecule has 0 fully saturated rings. The highest BCUT2D eigenvalue weighted by Gasteiger charge is 2.10. The first-order chi connectivity index (χ1) is 12.0. The maximum Gasteiger partial charge on any atom is 0.338 e. The first-order valence-corrected chi connectivity index (χ1v) is 8.23. The summed E-state index contributed by atoms with van der Waals surface area (Å²) < 4.78 is 5.35. The number of phenolic OH excluding ortho intramolecular Hbond substituents is 1. The van der Waals surface area contributed by atoms with E-state index in [1.807, 2.05) is 49.4 Å². The summed E-state index contributed by atoms with van der Waals surface area (Å²) in [7, 11) is 0. The minimum Gasteiger partial charge on any atom is -0.508 e. The van der Waals surface area contributed by atoms with Crippen LogP contribution < -0.4 is 0 Å². The summed E-state index contributed by atoms with van der Waals surface area (Å²) in [4.78, 5) is 12.2. The van der Waals surface area contributed by atoms with Gasteiger partial charge in [-0.15, -0.1) is 0 Å². The molecule has 3 aromatic carbocycles. The van der Waals surface area contributed by atoms with Gasteiger partial charge in [0.05, 0.1) is 10.6 Å². The number of hydrogen-bond acceptors (Lipinski definition) is 3. The van der Waals surface area contributed by atoms with E-state index in [2.05, 4.69) is 0 Å². The normalized spacial score (nSPS) is 10.5. The van der Waals surface area contributed by atoms with Crippen LogP contribution in [-0.2, 0) is 11.3 Å². The van der Waals surface area contributed by atoms with Crippen molar-refractivity contribution in [3.63, 3.8) is 0 Å². The molecule has 0 bridgehead atoms. The van der Waals surface area contributed by atoms with E-state index < -0.39 is 5.97 Å². The zero-order valence-corrected chi connectivity index (χ0v) is 14.5. The number of benzene rings is 3. The van der Waals surface area contributed by atoms with Gasteiger partial charge >= 0.3 is 5.97 Å². The number of ether oxygens (including phenoxy) is 1. The summed E-state index contributed by atoms with van der Waals surface area (Å²) in [5.74, 6) is -0.173. The molecule has 3 rings (SSSR count). The van der Waals surface area contributed by atoms with Crippen molar-refractivity contribution in [2.75, 3.05) is 0 Å². The predicted molar refractivity (Wildman–Crippen MR) is 98.9 cm³/mol. The summed E-state index contributed by atoms with van der Waals surface area (Å²) in [5, 5.41) is 9.96.